The van der Waals surface area contributed by atoms with Gasteiger partial charge in [0.05, 0.1) is 23.2 Å². The fourth-order valence-corrected chi connectivity index (χ4v) is 3.27. The zero-order valence-corrected chi connectivity index (χ0v) is 13.1. The van der Waals surface area contributed by atoms with Crippen LogP contribution in [0.15, 0.2) is 65.7 Å². The van der Waals surface area contributed by atoms with Gasteiger partial charge in [-0.3, -0.25) is 23.9 Å². The highest BCUT2D eigenvalue weighted by Gasteiger charge is 2.33. The number of hydrogen-bond acceptors (Lipinski definition) is 4. The average molecular weight is 328 g/mol. The molecule has 1 amide bonds. The Balaban J connectivity index is 1.76. The molecule has 120 valence electrons. The average Bonchev–Trinajstić information content (AvgIpc) is 2.98. The summed E-state index contributed by atoms with van der Waals surface area (Å²) in [4.78, 5) is 35.7. The van der Waals surface area contributed by atoms with Gasteiger partial charge in [-0.15, -0.1) is 0 Å². The Hall–Kier alpha value is -3.54. The van der Waals surface area contributed by atoms with E-state index >= 15 is 0 Å². The number of rotatable bonds is 1. The molecule has 0 atom stereocenters. The molecule has 0 fully saturated rings. The molecule has 0 saturated carbocycles. The summed E-state index contributed by atoms with van der Waals surface area (Å²) in [5.41, 5.74) is 2.30. The highest BCUT2D eigenvalue weighted by molar-refractivity contribution is 6.07. The lowest BCUT2D eigenvalue weighted by Gasteiger charge is -2.17. The number of amides is 1. The largest absolute Gasteiger partial charge is 0.274 e. The second kappa shape index (κ2) is 4.98. The van der Waals surface area contributed by atoms with Gasteiger partial charge in [-0.25, -0.2) is 4.98 Å². The molecule has 1 aliphatic rings. The molecule has 3 aromatic heterocycles. The predicted octanol–water partition coefficient (Wildman–Crippen LogP) is 2.46. The van der Waals surface area contributed by atoms with Gasteiger partial charge in [0.15, 0.2) is 5.82 Å². The Morgan fingerprint density at radius 2 is 1.92 bits per heavy atom. The molecule has 1 aromatic carbocycles. The third-order valence-electron chi connectivity index (χ3n) is 4.44. The molecule has 4 heterocycles. The van der Waals surface area contributed by atoms with Crippen molar-refractivity contribution in [1.29, 1.82) is 0 Å². The summed E-state index contributed by atoms with van der Waals surface area (Å²) < 4.78 is 1.47. The summed E-state index contributed by atoms with van der Waals surface area (Å²) in [6.07, 6.45) is 3.46. The van der Waals surface area contributed by atoms with Gasteiger partial charge in [0.25, 0.3) is 5.56 Å². The molecule has 25 heavy (non-hydrogen) atoms. The Kier molecular flexibility index (Phi) is 2.76. The first-order valence-electron chi connectivity index (χ1n) is 7.90. The lowest BCUT2D eigenvalue weighted by Crippen LogP contribution is -2.22. The number of benzene rings is 1. The SMILES string of the molecule is O=C1Cc2c(nc3ccccn3c2=O)N1c1ccc2ncccc2c1. The fraction of sp³-hybridized carbons (Fsp3) is 0.0526. The maximum Gasteiger partial charge on any atom is 0.263 e. The Morgan fingerprint density at radius 1 is 1.00 bits per heavy atom. The number of pyridine rings is 2. The van der Waals surface area contributed by atoms with Gasteiger partial charge in [0.1, 0.15) is 5.65 Å². The van der Waals surface area contributed by atoms with Crippen molar-refractivity contribution in [2.75, 3.05) is 4.90 Å². The van der Waals surface area contributed by atoms with E-state index in [1.807, 2.05) is 36.4 Å². The smallest absolute Gasteiger partial charge is 0.263 e. The minimum Gasteiger partial charge on any atom is -0.274 e. The zero-order chi connectivity index (χ0) is 17.0. The van der Waals surface area contributed by atoms with Gasteiger partial charge in [-0.1, -0.05) is 12.1 Å². The quantitative estimate of drug-likeness (QED) is 0.538. The van der Waals surface area contributed by atoms with Crippen LogP contribution in [0.4, 0.5) is 11.5 Å². The molecule has 0 radical (unpaired) electrons. The molecular formula is C19H12N4O2. The van der Waals surface area contributed by atoms with E-state index in [2.05, 4.69) is 9.97 Å². The standard InChI is InChI=1S/C19H12N4O2/c24-17-11-14-18(21-16-5-1-2-9-22(16)19(14)25)23(17)13-6-7-15-12(10-13)4-3-8-20-15/h1-10H,11H2. The van der Waals surface area contributed by atoms with E-state index in [1.54, 1.807) is 24.5 Å². The molecule has 6 nitrogen and oxygen atoms in total. The van der Waals surface area contributed by atoms with E-state index in [-0.39, 0.29) is 17.9 Å². The van der Waals surface area contributed by atoms with Crippen LogP contribution in [-0.4, -0.2) is 20.3 Å². The van der Waals surface area contributed by atoms with Crippen LogP contribution in [0.1, 0.15) is 5.56 Å². The number of nitrogens with zero attached hydrogens (tertiary/aromatic N) is 4. The topological polar surface area (TPSA) is 67.6 Å². The molecule has 0 unspecified atom stereocenters. The van der Waals surface area contributed by atoms with Crippen molar-refractivity contribution >= 4 is 34.0 Å². The molecule has 1 aliphatic heterocycles. The van der Waals surface area contributed by atoms with Crippen molar-refractivity contribution in [3.63, 3.8) is 0 Å². The molecule has 4 aromatic rings. The third kappa shape index (κ3) is 1.97. The second-order valence-electron chi connectivity index (χ2n) is 5.93. The van der Waals surface area contributed by atoms with Crippen molar-refractivity contribution in [3.8, 4) is 0 Å². The van der Waals surface area contributed by atoms with Crippen LogP contribution < -0.4 is 10.5 Å². The number of hydrogen-bond donors (Lipinski definition) is 0. The van der Waals surface area contributed by atoms with Gasteiger partial charge < -0.3 is 0 Å². The first kappa shape index (κ1) is 13.9. The van der Waals surface area contributed by atoms with Gasteiger partial charge in [-0.05, 0) is 36.4 Å². The van der Waals surface area contributed by atoms with E-state index in [4.69, 9.17) is 0 Å². The lowest BCUT2D eigenvalue weighted by atomic mass is 10.2. The monoisotopic (exact) mass is 328 g/mol. The summed E-state index contributed by atoms with van der Waals surface area (Å²) >= 11 is 0. The molecule has 0 bridgehead atoms. The van der Waals surface area contributed by atoms with Crippen LogP contribution in [0.5, 0.6) is 0 Å². The van der Waals surface area contributed by atoms with Crippen LogP contribution in [-0.2, 0) is 11.2 Å². The number of fused-ring (bicyclic) bond motifs is 3. The first-order valence-corrected chi connectivity index (χ1v) is 7.90. The van der Waals surface area contributed by atoms with Crippen LogP contribution in [0.3, 0.4) is 0 Å². The maximum atomic E-state index is 12.7. The summed E-state index contributed by atoms with van der Waals surface area (Å²) in [5, 5.41) is 0.929. The summed E-state index contributed by atoms with van der Waals surface area (Å²) in [7, 11) is 0. The number of anilines is 2. The summed E-state index contributed by atoms with van der Waals surface area (Å²) in [5.74, 6) is 0.267. The number of aromatic nitrogens is 3. The highest BCUT2D eigenvalue weighted by atomic mass is 16.2. The molecule has 6 heteroatoms. The second-order valence-corrected chi connectivity index (χ2v) is 5.93. The lowest BCUT2D eigenvalue weighted by molar-refractivity contribution is -0.116. The van der Waals surface area contributed by atoms with Crippen LogP contribution in [0.2, 0.25) is 0 Å². The zero-order valence-electron chi connectivity index (χ0n) is 13.1. The number of carbonyl (C=O) groups excluding carboxylic acids is 1. The van der Waals surface area contributed by atoms with Gasteiger partial charge in [0, 0.05) is 17.8 Å². The van der Waals surface area contributed by atoms with E-state index in [0.29, 0.717) is 22.7 Å². The van der Waals surface area contributed by atoms with E-state index < -0.39 is 0 Å². The maximum absolute atomic E-state index is 12.7. The van der Waals surface area contributed by atoms with E-state index in [9.17, 15) is 9.59 Å². The first-order chi connectivity index (χ1) is 12.2. The van der Waals surface area contributed by atoms with Crippen molar-refractivity contribution in [3.05, 3.63) is 76.8 Å². The number of carbonyl (C=O) groups is 1. The minimum atomic E-state index is -0.195. The Morgan fingerprint density at radius 3 is 2.84 bits per heavy atom. The molecule has 0 N–H and O–H groups in total. The van der Waals surface area contributed by atoms with Crippen molar-refractivity contribution < 1.29 is 4.79 Å². The van der Waals surface area contributed by atoms with Gasteiger partial charge in [0.2, 0.25) is 5.91 Å². The highest BCUT2D eigenvalue weighted by Crippen LogP contribution is 2.33. The molecule has 0 aliphatic carbocycles. The fourth-order valence-electron chi connectivity index (χ4n) is 3.27. The molecule has 0 saturated heterocycles. The predicted molar refractivity (Wildman–Crippen MR) is 94.1 cm³/mol. The Bertz CT molecular complexity index is 1230. The Labute approximate surface area is 142 Å². The van der Waals surface area contributed by atoms with Gasteiger partial charge in [-0.2, -0.15) is 0 Å². The summed E-state index contributed by atoms with van der Waals surface area (Å²) in [6, 6.07) is 14.7. The molecule has 5 rings (SSSR count). The summed E-state index contributed by atoms with van der Waals surface area (Å²) in [6.45, 7) is 0. The van der Waals surface area contributed by atoms with Crippen LogP contribution in [0, 0.1) is 0 Å². The minimum absolute atomic E-state index is 0.0596. The molecular weight excluding hydrogens is 316 g/mol. The van der Waals surface area contributed by atoms with Crippen LogP contribution in [0.25, 0.3) is 16.6 Å². The van der Waals surface area contributed by atoms with Crippen molar-refractivity contribution in [2.45, 2.75) is 6.42 Å². The van der Waals surface area contributed by atoms with Gasteiger partial charge >= 0.3 is 0 Å². The van der Waals surface area contributed by atoms with Crippen molar-refractivity contribution in [1.82, 2.24) is 14.4 Å². The van der Waals surface area contributed by atoms with E-state index in [1.165, 1.54) is 9.30 Å². The third-order valence-corrected chi connectivity index (χ3v) is 4.44. The van der Waals surface area contributed by atoms with Crippen molar-refractivity contribution in [2.24, 2.45) is 0 Å². The van der Waals surface area contributed by atoms with E-state index in [0.717, 1.165) is 10.9 Å². The molecule has 0 spiro atoms. The van der Waals surface area contributed by atoms with Crippen LogP contribution >= 0.6 is 0 Å². The normalized spacial score (nSPS) is 13.6.